The summed E-state index contributed by atoms with van der Waals surface area (Å²) in [6.45, 7) is 0. The highest BCUT2D eigenvalue weighted by Gasteiger charge is 2.13. The minimum Gasteiger partial charge on any atom is -0.307 e. The lowest BCUT2D eigenvalue weighted by Gasteiger charge is -2.11. The van der Waals surface area contributed by atoms with Crippen LogP contribution in [-0.2, 0) is 7.05 Å². The summed E-state index contributed by atoms with van der Waals surface area (Å²) in [6.07, 6.45) is 9.44. The Kier molecular flexibility index (Phi) is 4.14. The topological polar surface area (TPSA) is 68.2 Å². The first kappa shape index (κ1) is 12.1. The lowest BCUT2D eigenvalue weighted by molar-refractivity contribution is 0.583. The van der Waals surface area contributed by atoms with Crippen molar-refractivity contribution in [3.8, 4) is 0 Å². The van der Waals surface area contributed by atoms with E-state index in [1.807, 2.05) is 19.3 Å². The van der Waals surface area contributed by atoms with Gasteiger partial charge in [0.05, 0.1) is 6.04 Å². The van der Waals surface area contributed by atoms with E-state index in [1.165, 1.54) is 25.7 Å². The third-order valence-electron chi connectivity index (χ3n) is 3.23. The first-order valence-electron chi connectivity index (χ1n) is 6.34. The van der Waals surface area contributed by atoms with E-state index in [0.29, 0.717) is 11.9 Å². The van der Waals surface area contributed by atoms with E-state index in [4.69, 9.17) is 10.8 Å². The van der Waals surface area contributed by atoms with E-state index in [-0.39, 0.29) is 0 Å². The number of hydrogen-bond donors (Lipinski definition) is 2. The number of aryl methyl sites for hydroxylation is 1. The molecule has 1 aromatic rings. The van der Waals surface area contributed by atoms with Gasteiger partial charge in [-0.05, 0) is 18.9 Å². The van der Waals surface area contributed by atoms with Gasteiger partial charge in [0.2, 0.25) is 0 Å². The highest BCUT2D eigenvalue weighted by atomic mass is 15.3. The molecule has 0 unspecified atom stereocenters. The number of aromatic nitrogens is 2. The normalized spacial score (nSPS) is 19.1. The summed E-state index contributed by atoms with van der Waals surface area (Å²) < 4.78 is 1.76. The van der Waals surface area contributed by atoms with Gasteiger partial charge in [-0.15, -0.1) is 0 Å². The summed E-state index contributed by atoms with van der Waals surface area (Å²) in [7, 11) is 1.89. The van der Waals surface area contributed by atoms with Crippen molar-refractivity contribution in [1.29, 1.82) is 0 Å². The van der Waals surface area contributed by atoms with E-state index in [9.17, 15) is 0 Å². The van der Waals surface area contributed by atoms with Crippen LogP contribution in [0.25, 0.3) is 0 Å². The quantitative estimate of drug-likeness (QED) is 0.267. The first-order valence-corrected chi connectivity index (χ1v) is 6.34. The Bertz CT molecular complexity index is 374. The Morgan fingerprint density at radius 1 is 1.41 bits per heavy atom. The summed E-state index contributed by atoms with van der Waals surface area (Å²) in [5.74, 6) is 6.25. The third kappa shape index (κ3) is 3.30. The lowest BCUT2D eigenvalue weighted by Crippen LogP contribution is -2.33. The van der Waals surface area contributed by atoms with Gasteiger partial charge in [-0.2, -0.15) is 5.10 Å². The second-order valence-corrected chi connectivity index (χ2v) is 4.64. The van der Waals surface area contributed by atoms with Crippen molar-refractivity contribution in [1.82, 2.24) is 15.2 Å². The molecule has 17 heavy (non-hydrogen) atoms. The van der Waals surface area contributed by atoms with Crippen LogP contribution in [0.5, 0.6) is 0 Å². The van der Waals surface area contributed by atoms with Crippen molar-refractivity contribution in [3.05, 3.63) is 18.0 Å². The van der Waals surface area contributed by atoms with Crippen molar-refractivity contribution in [2.24, 2.45) is 17.9 Å². The summed E-state index contributed by atoms with van der Waals surface area (Å²) in [6, 6.07) is 2.32. The molecule has 94 valence electrons. The van der Waals surface area contributed by atoms with E-state index in [2.05, 4.69) is 10.5 Å². The maximum absolute atomic E-state index is 5.54. The van der Waals surface area contributed by atoms with Crippen LogP contribution >= 0.6 is 0 Å². The fourth-order valence-corrected chi connectivity index (χ4v) is 2.29. The van der Waals surface area contributed by atoms with Crippen molar-refractivity contribution >= 4 is 5.84 Å². The van der Waals surface area contributed by atoms with Crippen LogP contribution in [0.1, 0.15) is 44.2 Å². The van der Waals surface area contributed by atoms with Crippen LogP contribution in [0.2, 0.25) is 0 Å². The van der Waals surface area contributed by atoms with Crippen LogP contribution in [0, 0.1) is 0 Å². The van der Waals surface area contributed by atoms with Gasteiger partial charge in [0.1, 0.15) is 5.69 Å². The highest BCUT2D eigenvalue weighted by Crippen LogP contribution is 2.20. The zero-order chi connectivity index (χ0) is 12.1. The molecule has 0 aliphatic heterocycles. The van der Waals surface area contributed by atoms with E-state index in [0.717, 1.165) is 18.5 Å². The molecule has 0 aromatic carbocycles. The van der Waals surface area contributed by atoms with Crippen LogP contribution in [-0.4, -0.2) is 21.7 Å². The SMILES string of the molecule is Cn1ccc(C(=NC2CCCCCC2)NN)n1. The molecule has 1 aliphatic rings. The van der Waals surface area contributed by atoms with Crippen LogP contribution in [0.3, 0.4) is 0 Å². The first-order chi connectivity index (χ1) is 8.29. The number of nitrogens with two attached hydrogens (primary N) is 1. The number of hydrazine groups is 1. The zero-order valence-electron chi connectivity index (χ0n) is 10.4. The predicted octanol–water partition coefficient (Wildman–Crippen LogP) is 1.35. The van der Waals surface area contributed by atoms with E-state index < -0.39 is 0 Å². The maximum Gasteiger partial charge on any atom is 0.163 e. The van der Waals surface area contributed by atoms with Crippen LogP contribution < -0.4 is 11.3 Å². The van der Waals surface area contributed by atoms with Gasteiger partial charge >= 0.3 is 0 Å². The Morgan fingerprint density at radius 2 is 2.12 bits per heavy atom. The maximum atomic E-state index is 5.54. The average Bonchev–Trinajstić information content (AvgIpc) is 2.62. The third-order valence-corrected chi connectivity index (χ3v) is 3.23. The Balaban J connectivity index is 2.10. The average molecular weight is 235 g/mol. The van der Waals surface area contributed by atoms with Gasteiger partial charge in [-0.1, -0.05) is 25.7 Å². The molecule has 2 rings (SSSR count). The second-order valence-electron chi connectivity index (χ2n) is 4.64. The van der Waals surface area contributed by atoms with Gasteiger partial charge in [-0.3, -0.25) is 9.67 Å². The Morgan fingerprint density at radius 3 is 2.65 bits per heavy atom. The summed E-state index contributed by atoms with van der Waals surface area (Å²) in [5, 5.41) is 4.31. The highest BCUT2D eigenvalue weighted by molar-refractivity contribution is 5.96. The molecule has 1 aromatic heterocycles. The zero-order valence-corrected chi connectivity index (χ0v) is 10.4. The fourth-order valence-electron chi connectivity index (χ4n) is 2.29. The number of nitrogens with zero attached hydrogens (tertiary/aromatic N) is 3. The van der Waals surface area contributed by atoms with E-state index >= 15 is 0 Å². The molecule has 1 fully saturated rings. The van der Waals surface area contributed by atoms with Crippen molar-refractivity contribution in [2.45, 2.75) is 44.6 Å². The van der Waals surface area contributed by atoms with Gasteiger partial charge < -0.3 is 5.43 Å². The number of aliphatic imine (C=N–C) groups is 1. The molecule has 0 bridgehead atoms. The Labute approximate surface area is 102 Å². The smallest absolute Gasteiger partial charge is 0.163 e. The predicted molar refractivity (Wildman–Crippen MR) is 68.6 cm³/mol. The molecular formula is C12H21N5. The lowest BCUT2D eigenvalue weighted by atomic mass is 10.1. The van der Waals surface area contributed by atoms with Gasteiger partial charge in [-0.25, -0.2) is 5.84 Å². The number of rotatable bonds is 2. The fraction of sp³-hybridized carbons (Fsp3) is 0.667. The van der Waals surface area contributed by atoms with Gasteiger partial charge in [0, 0.05) is 13.2 Å². The molecule has 1 saturated carbocycles. The van der Waals surface area contributed by atoms with Crippen molar-refractivity contribution in [2.75, 3.05) is 0 Å². The standard InChI is InChI=1S/C12H21N5/c1-17-9-8-11(16-17)12(15-13)14-10-6-4-2-3-5-7-10/h8-10H,2-7,13H2,1H3,(H,14,15). The van der Waals surface area contributed by atoms with Crippen LogP contribution in [0.15, 0.2) is 17.3 Å². The largest absolute Gasteiger partial charge is 0.307 e. The number of hydrogen-bond acceptors (Lipinski definition) is 3. The molecule has 1 aliphatic carbocycles. The molecule has 0 spiro atoms. The second kappa shape index (κ2) is 5.82. The monoisotopic (exact) mass is 235 g/mol. The minimum absolute atomic E-state index is 0.394. The number of amidine groups is 1. The number of nitrogens with one attached hydrogen (secondary N) is 1. The molecular weight excluding hydrogens is 214 g/mol. The molecule has 0 amide bonds. The minimum atomic E-state index is 0.394. The molecule has 1 heterocycles. The molecule has 0 saturated heterocycles. The van der Waals surface area contributed by atoms with Crippen LogP contribution in [0.4, 0.5) is 0 Å². The molecule has 3 N–H and O–H groups in total. The summed E-state index contributed by atoms with van der Waals surface area (Å²) in [4.78, 5) is 4.70. The Hall–Kier alpha value is -1.36. The van der Waals surface area contributed by atoms with Gasteiger partial charge in [0.25, 0.3) is 0 Å². The molecule has 0 radical (unpaired) electrons. The van der Waals surface area contributed by atoms with Crippen molar-refractivity contribution in [3.63, 3.8) is 0 Å². The molecule has 5 nitrogen and oxygen atoms in total. The van der Waals surface area contributed by atoms with Crippen molar-refractivity contribution < 1.29 is 0 Å². The summed E-state index contributed by atoms with van der Waals surface area (Å²) >= 11 is 0. The molecule has 0 atom stereocenters. The van der Waals surface area contributed by atoms with Gasteiger partial charge in [0.15, 0.2) is 5.84 Å². The molecule has 5 heteroatoms. The van der Waals surface area contributed by atoms with E-state index in [1.54, 1.807) is 4.68 Å². The summed E-state index contributed by atoms with van der Waals surface area (Å²) in [5.41, 5.74) is 3.49.